The van der Waals surface area contributed by atoms with E-state index in [9.17, 15) is 13.6 Å². The van der Waals surface area contributed by atoms with Crippen LogP contribution in [0.15, 0.2) is 42.6 Å². The SMILES string of the molecule is O=C1NCc2nc(-c3c(F)cccc3F)cc(Cc3ccc(N4CCC5(CCO5)CC4)cn3)c21. The molecular weight excluding hydrogens is 438 g/mol. The highest BCUT2D eigenvalue weighted by atomic mass is 19.1. The van der Waals surface area contributed by atoms with Crippen molar-refractivity contribution in [3.63, 3.8) is 0 Å². The lowest BCUT2D eigenvalue weighted by Gasteiger charge is -2.48. The fourth-order valence-corrected chi connectivity index (χ4v) is 5.18. The van der Waals surface area contributed by atoms with E-state index in [0.717, 1.165) is 50.3 Å². The van der Waals surface area contributed by atoms with E-state index >= 15 is 0 Å². The van der Waals surface area contributed by atoms with E-state index in [1.165, 1.54) is 18.2 Å². The zero-order valence-electron chi connectivity index (χ0n) is 18.6. The predicted octanol–water partition coefficient (Wildman–Crippen LogP) is 4.02. The molecule has 1 N–H and O–H groups in total. The van der Waals surface area contributed by atoms with Gasteiger partial charge in [-0.25, -0.2) is 13.8 Å². The number of nitrogens with zero attached hydrogens (tertiary/aromatic N) is 3. The number of carbonyl (C=O) groups is 1. The molecule has 3 aliphatic heterocycles. The first-order valence-electron chi connectivity index (χ1n) is 11.6. The Kier molecular flexibility index (Phi) is 5.06. The standard InChI is InChI=1S/C26H24F2N4O2/c27-19-2-1-3-20(28)24(19)21-13-16(23-22(31-21)15-30-25(23)33)12-17-4-5-18(14-29-17)32-9-6-26(7-10-32)8-11-34-26/h1-5,13-14H,6-12,15H2,(H,30,33). The minimum absolute atomic E-state index is 0.0988. The van der Waals surface area contributed by atoms with Gasteiger partial charge in [0, 0.05) is 25.2 Å². The second-order valence-electron chi connectivity index (χ2n) is 9.22. The van der Waals surface area contributed by atoms with Crippen molar-refractivity contribution in [2.24, 2.45) is 0 Å². The summed E-state index contributed by atoms with van der Waals surface area (Å²) >= 11 is 0. The number of aromatic nitrogens is 2. The molecule has 174 valence electrons. The number of ether oxygens (including phenoxy) is 1. The fourth-order valence-electron chi connectivity index (χ4n) is 5.18. The maximum atomic E-state index is 14.4. The molecule has 2 fully saturated rings. The minimum atomic E-state index is -0.686. The summed E-state index contributed by atoms with van der Waals surface area (Å²) in [6, 6.07) is 9.32. The first kappa shape index (κ1) is 21.2. The van der Waals surface area contributed by atoms with Crippen LogP contribution < -0.4 is 10.2 Å². The number of pyridine rings is 2. The number of halogens is 2. The van der Waals surface area contributed by atoms with Gasteiger partial charge in [0.2, 0.25) is 0 Å². The molecule has 0 saturated carbocycles. The first-order chi connectivity index (χ1) is 16.5. The molecule has 0 radical (unpaired) electrons. The maximum Gasteiger partial charge on any atom is 0.253 e. The van der Waals surface area contributed by atoms with Crippen molar-refractivity contribution < 1.29 is 18.3 Å². The number of anilines is 1. The molecule has 0 aliphatic carbocycles. The van der Waals surface area contributed by atoms with Crippen molar-refractivity contribution in [1.82, 2.24) is 15.3 Å². The molecule has 1 aromatic carbocycles. The van der Waals surface area contributed by atoms with Crippen LogP contribution in [0.1, 0.15) is 46.6 Å². The Balaban J connectivity index is 1.27. The second-order valence-corrected chi connectivity index (χ2v) is 9.22. The van der Waals surface area contributed by atoms with E-state index in [2.05, 4.69) is 20.2 Å². The summed E-state index contributed by atoms with van der Waals surface area (Å²) < 4.78 is 34.7. The average molecular weight is 463 g/mol. The van der Waals surface area contributed by atoms with Crippen LogP contribution in [0.3, 0.4) is 0 Å². The molecule has 1 amide bonds. The Morgan fingerprint density at radius 2 is 1.82 bits per heavy atom. The number of rotatable bonds is 4. The van der Waals surface area contributed by atoms with Crippen LogP contribution in [0.2, 0.25) is 0 Å². The molecule has 34 heavy (non-hydrogen) atoms. The zero-order valence-corrected chi connectivity index (χ0v) is 18.6. The van der Waals surface area contributed by atoms with E-state index < -0.39 is 11.6 Å². The zero-order chi connectivity index (χ0) is 23.3. The number of carbonyl (C=O) groups excluding carboxylic acids is 1. The van der Waals surface area contributed by atoms with Gasteiger partial charge in [-0.3, -0.25) is 9.78 Å². The summed E-state index contributed by atoms with van der Waals surface area (Å²) in [5.41, 5.74) is 3.54. The summed E-state index contributed by atoms with van der Waals surface area (Å²) in [4.78, 5) is 23.8. The normalized spacial score (nSPS) is 18.5. The van der Waals surface area contributed by atoms with Gasteiger partial charge in [-0.15, -0.1) is 0 Å². The van der Waals surface area contributed by atoms with E-state index in [1.54, 1.807) is 6.07 Å². The second kappa shape index (κ2) is 8.13. The average Bonchev–Trinajstić information content (AvgIpc) is 3.19. The van der Waals surface area contributed by atoms with Crippen LogP contribution in [0.25, 0.3) is 11.3 Å². The van der Waals surface area contributed by atoms with Crippen LogP contribution in [0.4, 0.5) is 14.5 Å². The van der Waals surface area contributed by atoms with Crippen molar-refractivity contribution in [2.75, 3.05) is 24.6 Å². The summed E-state index contributed by atoms with van der Waals surface area (Å²) in [5.74, 6) is -1.60. The van der Waals surface area contributed by atoms with E-state index in [4.69, 9.17) is 4.74 Å². The number of nitrogens with one attached hydrogen (secondary N) is 1. The molecule has 3 aromatic rings. The van der Waals surface area contributed by atoms with Crippen molar-refractivity contribution >= 4 is 11.6 Å². The van der Waals surface area contributed by atoms with Crippen molar-refractivity contribution in [1.29, 1.82) is 0 Å². The molecule has 6 nitrogen and oxygen atoms in total. The third-order valence-corrected chi connectivity index (χ3v) is 7.22. The quantitative estimate of drug-likeness (QED) is 0.635. The molecule has 3 aliphatic rings. The van der Waals surface area contributed by atoms with Crippen molar-refractivity contribution in [2.45, 2.75) is 37.8 Å². The summed E-state index contributed by atoms with van der Waals surface area (Å²) in [6.45, 7) is 2.99. The minimum Gasteiger partial charge on any atom is -0.375 e. The molecule has 1 spiro atoms. The molecule has 2 aromatic heterocycles. The highest BCUT2D eigenvalue weighted by Gasteiger charge is 2.41. The van der Waals surface area contributed by atoms with Gasteiger partial charge in [0.25, 0.3) is 5.91 Å². The van der Waals surface area contributed by atoms with E-state index in [1.807, 2.05) is 18.3 Å². The summed E-state index contributed by atoms with van der Waals surface area (Å²) in [5, 5.41) is 2.76. The van der Waals surface area contributed by atoms with Crippen molar-refractivity contribution in [3.8, 4) is 11.3 Å². The number of benzene rings is 1. The van der Waals surface area contributed by atoms with E-state index in [-0.39, 0.29) is 29.3 Å². The molecule has 8 heteroatoms. The lowest BCUT2D eigenvalue weighted by Crippen LogP contribution is -2.52. The number of hydrogen-bond donors (Lipinski definition) is 1. The number of hydrogen-bond acceptors (Lipinski definition) is 5. The third-order valence-electron chi connectivity index (χ3n) is 7.22. The van der Waals surface area contributed by atoms with Crippen LogP contribution in [-0.2, 0) is 17.7 Å². The predicted molar refractivity (Wildman–Crippen MR) is 123 cm³/mol. The number of fused-ring (bicyclic) bond motifs is 1. The van der Waals surface area contributed by atoms with Gasteiger partial charge in [-0.2, -0.15) is 0 Å². The topological polar surface area (TPSA) is 67.4 Å². The highest BCUT2D eigenvalue weighted by Crippen LogP contribution is 2.38. The Labute approximate surface area is 196 Å². The third kappa shape index (κ3) is 3.62. The Bertz CT molecular complexity index is 1240. The lowest BCUT2D eigenvalue weighted by atomic mass is 9.84. The van der Waals surface area contributed by atoms with Gasteiger partial charge in [-0.1, -0.05) is 6.07 Å². The molecule has 2 saturated heterocycles. The molecule has 5 heterocycles. The maximum absolute atomic E-state index is 14.4. The lowest BCUT2D eigenvalue weighted by molar-refractivity contribution is -0.158. The van der Waals surface area contributed by atoms with Crippen LogP contribution in [-0.4, -0.2) is 41.2 Å². The van der Waals surface area contributed by atoms with Gasteiger partial charge in [0.15, 0.2) is 0 Å². The summed E-state index contributed by atoms with van der Waals surface area (Å²) in [6.07, 6.45) is 5.43. The molecule has 6 rings (SSSR count). The highest BCUT2D eigenvalue weighted by molar-refractivity contribution is 5.99. The van der Waals surface area contributed by atoms with Crippen molar-refractivity contribution in [3.05, 3.63) is 76.7 Å². The van der Waals surface area contributed by atoms with Gasteiger partial charge >= 0.3 is 0 Å². The van der Waals surface area contributed by atoms with E-state index in [0.29, 0.717) is 23.2 Å². The van der Waals surface area contributed by atoms with Crippen LogP contribution in [0.5, 0.6) is 0 Å². The van der Waals surface area contributed by atoms with Gasteiger partial charge in [-0.05, 0) is 55.2 Å². The van der Waals surface area contributed by atoms with Gasteiger partial charge < -0.3 is 15.0 Å². The molecule has 0 bridgehead atoms. The van der Waals surface area contributed by atoms with Crippen LogP contribution in [0, 0.1) is 11.6 Å². The summed E-state index contributed by atoms with van der Waals surface area (Å²) in [7, 11) is 0. The Hall–Kier alpha value is -3.39. The Morgan fingerprint density at radius 3 is 2.47 bits per heavy atom. The van der Waals surface area contributed by atoms with Crippen LogP contribution >= 0.6 is 0 Å². The van der Waals surface area contributed by atoms with Gasteiger partial charge in [0.05, 0.1) is 53.2 Å². The van der Waals surface area contributed by atoms with Gasteiger partial charge in [0.1, 0.15) is 11.6 Å². The largest absolute Gasteiger partial charge is 0.375 e. The number of piperidine rings is 1. The monoisotopic (exact) mass is 462 g/mol. The fraction of sp³-hybridized carbons (Fsp3) is 0.346. The Morgan fingerprint density at radius 1 is 1.06 bits per heavy atom. The smallest absolute Gasteiger partial charge is 0.253 e. The number of amides is 1. The molecule has 0 unspecified atom stereocenters. The first-order valence-corrected chi connectivity index (χ1v) is 11.6. The molecule has 0 atom stereocenters. The molecular formula is C26H24F2N4O2.